The van der Waals surface area contributed by atoms with E-state index in [1.54, 1.807) is 13.0 Å². The number of nitrogens with zero attached hydrogens (tertiary/aromatic N) is 2. The molecule has 3 amide bonds. The maximum atomic E-state index is 12.5. The zero-order chi connectivity index (χ0) is 18.9. The molecule has 0 aromatic carbocycles. The van der Waals surface area contributed by atoms with Gasteiger partial charge in [0.25, 0.3) is 5.91 Å². The molecule has 3 atom stereocenters. The quantitative estimate of drug-likeness (QED) is 0.305. The molecule has 11 nitrogen and oxygen atoms in total. The van der Waals surface area contributed by atoms with Gasteiger partial charge in [-0.3, -0.25) is 14.2 Å². The lowest BCUT2D eigenvalue weighted by Crippen LogP contribution is -2.50. The molecule has 12 heteroatoms. The van der Waals surface area contributed by atoms with Crippen LogP contribution >= 0.6 is 0 Å². The smallest absolute Gasteiger partial charge is 0.316 e. The van der Waals surface area contributed by atoms with E-state index < -0.39 is 34.4 Å². The number of nitrogens with one attached hydrogen (secondary N) is 2. The summed E-state index contributed by atoms with van der Waals surface area (Å²) in [5, 5.41) is 3.79. The molecule has 2 fully saturated rings. The van der Waals surface area contributed by atoms with Crippen molar-refractivity contribution in [2.24, 2.45) is 5.92 Å². The predicted octanol–water partition coefficient (Wildman–Crippen LogP) is -0.797. The summed E-state index contributed by atoms with van der Waals surface area (Å²) in [4.78, 5) is 31.3. The summed E-state index contributed by atoms with van der Waals surface area (Å²) in [6.07, 6.45) is 3.63. The van der Waals surface area contributed by atoms with Crippen LogP contribution in [0.15, 0.2) is 11.6 Å². The van der Waals surface area contributed by atoms with E-state index in [2.05, 4.69) is 15.1 Å². The third-order valence-electron chi connectivity index (χ3n) is 4.63. The van der Waals surface area contributed by atoms with Crippen molar-refractivity contribution in [3.05, 3.63) is 11.6 Å². The summed E-state index contributed by atoms with van der Waals surface area (Å²) in [5.74, 6) is -0.216. The van der Waals surface area contributed by atoms with Crippen LogP contribution in [0, 0.1) is 5.92 Å². The van der Waals surface area contributed by atoms with Gasteiger partial charge in [0.15, 0.2) is 0 Å². The number of carbonyl (C=O) groups excluding carboxylic acids is 2. The predicted molar refractivity (Wildman–Crippen MR) is 87.6 cm³/mol. The summed E-state index contributed by atoms with van der Waals surface area (Å²) in [6, 6.07) is -2.46. The molecular formula is C14H22N4O7S. The lowest BCUT2D eigenvalue weighted by atomic mass is 10.0. The first-order valence-corrected chi connectivity index (χ1v) is 9.70. The summed E-state index contributed by atoms with van der Waals surface area (Å²) in [5.41, 5.74) is 2.92. The van der Waals surface area contributed by atoms with Gasteiger partial charge in [-0.05, 0) is 37.8 Å². The molecule has 0 saturated carbocycles. The minimum atomic E-state index is -4.84. The van der Waals surface area contributed by atoms with Crippen molar-refractivity contribution in [2.45, 2.75) is 31.8 Å². The largest absolute Gasteiger partial charge is 0.418 e. The van der Waals surface area contributed by atoms with Gasteiger partial charge in [0.05, 0.1) is 19.2 Å². The van der Waals surface area contributed by atoms with Crippen LogP contribution in [0.25, 0.3) is 0 Å². The van der Waals surface area contributed by atoms with Gasteiger partial charge in [-0.25, -0.2) is 10.3 Å². The van der Waals surface area contributed by atoms with Gasteiger partial charge in [0.2, 0.25) is 0 Å². The summed E-state index contributed by atoms with van der Waals surface area (Å²) in [7, 11) is -4.84. The van der Waals surface area contributed by atoms with E-state index in [0.29, 0.717) is 23.2 Å². The third kappa shape index (κ3) is 4.15. The van der Waals surface area contributed by atoms with Crippen LogP contribution in [0.2, 0.25) is 0 Å². The fourth-order valence-electron chi connectivity index (χ4n) is 3.49. The van der Waals surface area contributed by atoms with E-state index in [4.69, 9.17) is 9.39 Å². The maximum absolute atomic E-state index is 12.5. The molecule has 0 aromatic rings. The van der Waals surface area contributed by atoms with E-state index in [-0.39, 0.29) is 6.54 Å². The van der Waals surface area contributed by atoms with Gasteiger partial charge in [0, 0.05) is 6.54 Å². The Labute approximate surface area is 151 Å². The Morgan fingerprint density at radius 2 is 2.27 bits per heavy atom. The van der Waals surface area contributed by atoms with Crippen molar-refractivity contribution in [1.82, 2.24) is 20.8 Å². The highest BCUT2D eigenvalue weighted by Crippen LogP contribution is 2.30. The Morgan fingerprint density at radius 3 is 2.92 bits per heavy atom. The normalized spacial score (nSPS) is 28.9. The van der Waals surface area contributed by atoms with Gasteiger partial charge in [-0.1, -0.05) is 6.08 Å². The Bertz CT molecular complexity index is 704. The summed E-state index contributed by atoms with van der Waals surface area (Å²) >= 11 is 0. The molecule has 0 aliphatic carbocycles. The van der Waals surface area contributed by atoms with Gasteiger partial charge in [-0.2, -0.15) is 13.5 Å². The summed E-state index contributed by atoms with van der Waals surface area (Å²) in [6.45, 7) is 3.89. The zero-order valence-electron chi connectivity index (χ0n) is 14.3. The highest BCUT2D eigenvalue weighted by Gasteiger charge is 2.48. The monoisotopic (exact) mass is 390 g/mol. The molecule has 0 unspecified atom stereocenters. The van der Waals surface area contributed by atoms with Crippen molar-refractivity contribution < 1.29 is 31.7 Å². The second kappa shape index (κ2) is 7.48. The molecule has 2 bridgehead atoms. The molecule has 0 radical (unpaired) electrons. The van der Waals surface area contributed by atoms with E-state index in [1.165, 1.54) is 4.90 Å². The molecule has 3 aliphatic rings. The number of carbonyl (C=O) groups is 2. The van der Waals surface area contributed by atoms with E-state index in [9.17, 15) is 18.0 Å². The lowest BCUT2D eigenvalue weighted by molar-refractivity contribution is -0.138. The van der Waals surface area contributed by atoms with Crippen LogP contribution in [0.5, 0.6) is 0 Å². The highest BCUT2D eigenvalue weighted by molar-refractivity contribution is 7.80. The minimum absolute atomic E-state index is 0.0658. The van der Waals surface area contributed by atoms with Gasteiger partial charge >= 0.3 is 16.4 Å². The van der Waals surface area contributed by atoms with E-state index in [0.717, 1.165) is 25.9 Å². The highest BCUT2D eigenvalue weighted by atomic mass is 32.3. The number of rotatable bonds is 6. The van der Waals surface area contributed by atoms with Gasteiger partial charge in [0.1, 0.15) is 6.04 Å². The number of hydroxylamine groups is 3. The van der Waals surface area contributed by atoms with Crippen molar-refractivity contribution in [1.29, 1.82) is 0 Å². The zero-order valence-corrected chi connectivity index (χ0v) is 15.1. The first-order chi connectivity index (χ1) is 12.3. The molecule has 3 heterocycles. The van der Waals surface area contributed by atoms with Gasteiger partial charge < -0.3 is 10.2 Å². The van der Waals surface area contributed by atoms with Crippen LogP contribution in [0.3, 0.4) is 0 Å². The Hall–Kier alpha value is -1.73. The van der Waals surface area contributed by atoms with Crippen LogP contribution in [0.1, 0.15) is 19.8 Å². The van der Waals surface area contributed by atoms with E-state index >= 15 is 0 Å². The van der Waals surface area contributed by atoms with Crippen LogP contribution in [-0.2, 0) is 24.3 Å². The topological polar surface area (TPSA) is 138 Å². The summed E-state index contributed by atoms with van der Waals surface area (Å²) < 4.78 is 34.9. The van der Waals surface area contributed by atoms with Crippen LogP contribution < -0.4 is 10.8 Å². The fraction of sp³-hybridized carbons (Fsp3) is 0.714. The molecular weight excluding hydrogens is 368 g/mol. The second-order valence-electron chi connectivity index (χ2n) is 6.63. The van der Waals surface area contributed by atoms with Crippen LogP contribution in [0.4, 0.5) is 4.79 Å². The third-order valence-corrected chi connectivity index (χ3v) is 4.98. The molecule has 26 heavy (non-hydrogen) atoms. The Morgan fingerprint density at radius 1 is 1.50 bits per heavy atom. The molecule has 0 aromatic heterocycles. The number of piperidine rings is 1. The van der Waals surface area contributed by atoms with Crippen molar-refractivity contribution in [2.75, 3.05) is 26.2 Å². The second-order valence-corrected chi connectivity index (χ2v) is 7.64. The number of urea groups is 1. The molecule has 0 spiro atoms. The van der Waals surface area contributed by atoms with Crippen molar-refractivity contribution >= 4 is 22.3 Å². The van der Waals surface area contributed by atoms with Crippen molar-refractivity contribution in [3.63, 3.8) is 0 Å². The number of fused-ring (bicyclic) bond motifs is 2. The Balaban J connectivity index is 1.60. The van der Waals surface area contributed by atoms with Gasteiger partial charge in [-0.15, -0.1) is 4.28 Å². The average molecular weight is 390 g/mol. The number of amides is 3. The number of hydrogen-bond acceptors (Lipinski definition) is 7. The molecule has 3 N–H and O–H groups in total. The molecule has 3 aliphatic heterocycles. The maximum Gasteiger partial charge on any atom is 0.418 e. The standard InChI is InChI=1S/C14H22N4O7S/c1-9-5-11-7-17(14(20)18(11)25-26(21,22)23)12(9)13(19)16-24-8-10-3-2-4-15-6-10/h5,10-12,15H,2-4,6-8H2,1H3,(H,16,19)(H,21,22,23)/t10-,11-,12+/m1/s1. The first-order valence-electron chi connectivity index (χ1n) is 8.34. The SMILES string of the molecule is CC1=C[C@@H]2CN(C(=O)N2OS(=O)(=O)O)[C@@H]1C(=O)NOC[C@@H]1CCCNC1. The fourth-order valence-corrected chi connectivity index (χ4v) is 3.87. The molecule has 2 saturated heterocycles. The molecule has 146 valence electrons. The lowest BCUT2D eigenvalue weighted by Gasteiger charge is -2.29. The minimum Gasteiger partial charge on any atom is -0.316 e. The molecule has 3 rings (SSSR count). The first kappa shape index (κ1) is 19.0. The average Bonchev–Trinajstić information content (AvgIpc) is 2.80. The Kier molecular flexibility index (Phi) is 5.48. The van der Waals surface area contributed by atoms with Crippen molar-refractivity contribution in [3.8, 4) is 0 Å². The van der Waals surface area contributed by atoms with E-state index in [1.807, 2.05) is 0 Å². The number of hydrogen-bond donors (Lipinski definition) is 3. The van der Waals surface area contributed by atoms with Crippen LogP contribution in [-0.4, -0.2) is 73.2 Å².